The zero-order valence-corrected chi connectivity index (χ0v) is 16.8. The van der Waals surface area contributed by atoms with Crippen LogP contribution in [0.5, 0.6) is 0 Å². The Labute approximate surface area is 165 Å². The highest BCUT2D eigenvalue weighted by molar-refractivity contribution is 5.81. The minimum Gasteiger partial charge on any atom is -0.383 e. The van der Waals surface area contributed by atoms with E-state index in [2.05, 4.69) is 10.1 Å². The van der Waals surface area contributed by atoms with Crippen molar-refractivity contribution >= 4 is 11.8 Å². The monoisotopic (exact) mass is 389 g/mol. The lowest BCUT2D eigenvalue weighted by atomic mass is 10.1. The molecule has 7 heteroatoms. The van der Waals surface area contributed by atoms with Crippen molar-refractivity contribution in [2.24, 2.45) is 5.92 Å². The van der Waals surface area contributed by atoms with E-state index in [1.165, 1.54) is 12.1 Å². The third kappa shape index (κ3) is 4.52. The molecule has 1 aromatic heterocycles. The van der Waals surface area contributed by atoms with Crippen molar-refractivity contribution in [2.45, 2.75) is 33.2 Å². The molecule has 0 bridgehead atoms. The van der Waals surface area contributed by atoms with E-state index < -0.39 is 0 Å². The molecule has 1 fully saturated rings. The number of hydrogen-bond acceptors (Lipinski definition) is 5. The summed E-state index contributed by atoms with van der Waals surface area (Å²) in [6, 6.07) is 6.18. The summed E-state index contributed by atoms with van der Waals surface area (Å²) < 4.78 is 24.3. The molecule has 0 radical (unpaired) electrons. The quantitative estimate of drug-likeness (QED) is 0.620. The lowest BCUT2D eigenvalue weighted by Gasteiger charge is -2.25. The van der Waals surface area contributed by atoms with Crippen LogP contribution >= 0.6 is 0 Å². The van der Waals surface area contributed by atoms with Crippen LogP contribution in [0.3, 0.4) is 0 Å². The first-order valence-corrected chi connectivity index (χ1v) is 9.86. The molecule has 3 rings (SSSR count). The van der Waals surface area contributed by atoms with Crippen LogP contribution in [0.15, 0.2) is 28.8 Å². The minimum atomic E-state index is -0.302. The van der Waals surface area contributed by atoms with Crippen LogP contribution in [-0.2, 0) is 16.1 Å². The average Bonchev–Trinajstić information content (AvgIpc) is 3.48. The number of carbonyl (C=O) groups is 1. The standard InChI is InChI=1S/C21H28FN3O3/c1-4-24(5-2)21-18(14-25(12-13-27-3)20(26)16-6-7-16)19(23-28-21)15-8-10-17(22)11-9-15/h8-11,16H,4-7,12-14H2,1-3H3. The summed E-state index contributed by atoms with van der Waals surface area (Å²) in [5.41, 5.74) is 2.26. The molecular weight excluding hydrogens is 361 g/mol. The Morgan fingerprint density at radius 2 is 1.93 bits per heavy atom. The van der Waals surface area contributed by atoms with Gasteiger partial charge in [-0.25, -0.2) is 4.39 Å². The van der Waals surface area contributed by atoms with Crippen molar-refractivity contribution in [3.8, 4) is 11.3 Å². The van der Waals surface area contributed by atoms with Gasteiger partial charge in [-0.3, -0.25) is 4.79 Å². The van der Waals surface area contributed by atoms with Gasteiger partial charge in [0.25, 0.3) is 0 Å². The van der Waals surface area contributed by atoms with Crippen molar-refractivity contribution in [3.05, 3.63) is 35.6 Å². The number of nitrogens with zero attached hydrogens (tertiary/aromatic N) is 3. The van der Waals surface area contributed by atoms with Gasteiger partial charge < -0.3 is 19.1 Å². The first kappa shape index (κ1) is 20.3. The molecule has 0 unspecified atom stereocenters. The van der Waals surface area contributed by atoms with E-state index >= 15 is 0 Å². The fourth-order valence-corrected chi connectivity index (χ4v) is 3.28. The highest BCUT2D eigenvalue weighted by Crippen LogP contribution is 2.35. The largest absolute Gasteiger partial charge is 0.383 e. The minimum absolute atomic E-state index is 0.114. The fraction of sp³-hybridized carbons (Fsp3) is 0.524. The van der Waals surface area contributed by atoms with Crippen molar-refractivity contribution in [1.29, 1.82) is 0 Å². The zero-order valence-electron chi connectivity index (χ0n) is 16.8. The predicted octanol–water partition coefficient (Wildman–Crippen LogP) is 3.71. The summed E-state index contributed by atoms with van der Waals surface area (Å²) in [4.78, 5) is 16.7. The zero-order chi connectivity index (χ0) is 20.1. The molecule has 6 nitrogen and oxygen atoms in total. The van der Waals surface area contributed by atoms with E-state index in [1.54, 1.807) is 19.2 Å². The van der Waals surface area contributed by atoms with Gasteiger partial charge >= 0.3 is 0 Å². The average molecular weight is 389 g/mol. The molecule has 28 heavy (non-hydrogen) atoms. The van der Waals surface area contributed by atoms with Crippen molar-refractivity contribution in [2.75, 3.05) is 38.3 Å². The molecule has 152 valence electrons. The van der Waals surface area contributed by atoms with E-state index in [1.807, 2.05) is 18.7 Å². The molecule has 2 aromatic rings. The maximum absolute atomic E-state index is 13.4. The molecule has 1 amide bonds. The normalized spacial score (nSPS) is 13.6. The third-order valence-electron chi connectivity index (χ3n) is 5.09. The summed E-state index contributed by atoms with van der Waals surface area (Å²) in [6.07, 6.45) is 1.89. The second-order valence-corrected chi connectivity index (χ2v) is 7.02. The Morgan fingerprint density at radius 1 is 1.25 bits per heavy atom. The summed E-state index contributed by atoms with van der Waals surface area (Å²) in [7, 11) is 1.63. The van der Waals surface area contributed by atoms with E-state index in [0.717, 1.165) is 37.1 Å². The van der Waals surface area contributed by atoms with Crippen LogP contribution in [0, 0.1) is 11.7 Å². The lowest BCUT2D eigenvalue weighted by molar-refractivity contribution is -0.133. The van der Waals surface area contributed by atoms with Gasteiger partial charge in [0.2, 0.25) is 11.8 Å². The maximum atomic E-state index is 13.4. The van der Waals surface area contributed by atoms with Crippen LogP contribution < -0.4 is 4.90 Å². The molecular formula is C21H28FN3O3. The summed E-state index contributed by atoms with van der Waals surface area (Å²) >= 11 is 0. The molecule has 0 N–H and O–H groups in total. The highest BCUT2D eigenvalue weighted by atomic mass is 19.1. The molecule has 1 aromatic carbocycles. The molecule has 1 saturated carbocycles. The van der Waals surface area contributed by atoms with Crippen LogP contribution in [0.4, 0.5) is 10.3 Å². The number of anilines is 1. The smallest absolute Gasteiger partial charge is 0.232 e. The molecule has 1 aliphatic carbocycles. The Kier molecular flexibility index (Phi) is 6.67. The van der Waals surface area contributed by atoms with Crippen LogP contribution in [0.2, 0.25) is 0 Å². The maximum Gasteiger partial charge on any atom is 0.232 e. The van der Waals surface area contributed by atoms with Crippen molar-refractivity contribution < 1.29 is 18.4 Å². The van der Waals surface area contributed by atoms with E-state index in [-0.39, 0.29) is 17.6 Å². The number of hydrogen-bond donors (Lipinski definition) is 0. The Morgan fingerprint density at radius 3 is 2.50 bits per heavy atom. The number of amides is 1. The fourth-order valence-electron chi connectivity index (χ4n) is 3.28. The highest BCUT2D eigenvalue weighted by Gasteiger charge is 2.34. The number of carbonyl (C=O) groups excluding carboxylic acids is 1. The Bertz CT molecular complexity index is 783. The first-order chi connectivity index (χ1) is 13.6. The lowest BCUT2D eigenvalue weighted by Crippen LogP contribution is -2.35. The van der Waals surface area contributed by atoms with Gasteiger partial charge in [0.1, 0.15) is 11.5 Å². The summed E-state index contributed by atoms with van der Waals surface area (Å²) in [5, 5.41) is 4.28. The second kappa shape index (κ2) is 9.19. The summed E-state index contributed by atoms with van der Waals surface area (Å²) in [6.45, 7) is 6.98. The van der Waals surface area contributed by atoms with Gasteiger partial charge in [0, 0.05) is 38.2 Å². The molecule has 0 saturated heterocycles. The molecule has 0 spiro atoms. The topological polar surface area (TPSA) is 58.8 Å². The van der Waals surface area contributed by atoms with E-state index in [0.29, 0.717) is 31.3 Å². The van der Waals surface area contributed by atoms with Gasteiger partial charge in [-0.05, 0) is 51.0 Å². The number of rotatable bonds is 10. The molecule has 1 aliphatic rings. The summed E-state index contributed by atoms with van der Waals surface area (Å²) in [5.74, 6) is 0.621. The van der Waals surface area contributed by atoms with Crippen molar-refractivity contribution in [1.82, 2.24) is 10.1 Å². The molecule has 0 atom stereocenters. The Balaban J connectivity index is 1.97. The van der Waals surface area contributed by atoms with Crippen molar-refractivity contribution in [3.63, 3.8) is 0 Å². The van der Waals surface area contributed by atoms with Crippen LogP contribution in [0.25, 0.3) is 11.3 Å². The van der Waals surface area contributed by atoms with Gasteiger partial charge in [0.15, 0.2) is 0 Å². The van der Waals surface area contributed by atoms with Gasteiger partial charge in [-0.15, -0.1) is 0 Å². The number of halogens is 1. The first-order valence-electron chi connectivity index (χ1n) is 9.86. The number of ether oxygens (including phenoxy) is 1. The van der Waals surface area contributed by atoms with E-state index in [9.17, 15) is 9.18 Å². The number of aromatic nitrogens is 1. The van der Waals surface area contributed by atoms with E-state index in [4.69, 9.17) is 9.26 Å². The Hall–Kier alpha value is -2.41. The van der Waals surface area contributed by atoms with Gasteiger partial charge in [-0.1, -0.05) is 5.16 Å². The SMILES string of the molecule is CCN(CC)c1onc(-c2ccc(F)cc2)c1CN(CCOC)C(=O)C1CC1. The van der Waals surface area contributed by atoms with Crippen LogP contribution in [0.1, 0.15) is 32.3 Å². The second-order valence-electron chi connectivity index (χ2n) is 7.02. The molecule has 1 heterocycles. The number of methoxy groups -OCH3 is 1. The number of benzene rings is 1. The van der Waals surface area contributed by atoms with Crippen LogP contribution in [-0.4, -0.2) is 49.3 Å². The predicted molar refractivity (Wildman–Crippen MR) is 105 cm³/mol. The molecule has 0 aliphatic heterocycles. The van der Waals surface area contributed by atoms with Gasteiger partial charge in [-0.2, -0.15) is 0 Å². The van der Waals surface area contributed by atoms with Gasteiger partial charge in [0.05, 0.1) is 18.7 Å². The third-order valence-corrected chi connectivity index (χ3v) is 5.09.